The van der Waals surface area contributed by atoms with E-state index in [-0.39, 0.29) is 36.8 Å². The minimum atomic E-state index is -4.05. The SMILES string of the molecule is O=S(=O)(N[C@H]1CC2=C(c3ccn(C(F)F)n3)[C@H](c3ccc(F)cc3Cl)N=C(c3nccs3)N2C1)N1CC(O)(c2ccccn2)C1. The van der Waals surface area contributed by atoms with Crippen LogP contribution in [-0.2, 0) is 15.8 Å². The van der Waals surface area contributed by atoms with Crippen molar-refractivity contribution in [3.63, 3.8) is 0 Å². The van der Waals surface area contributed by atoms with E-state index in [1.807, 2.05) is 0 Å². The van der Waals surface area contributed by atoms with E-state index in [0.29, 0.717) is 38.1 Å². The summed E-state index contributed by atoms with van der Waals surface area (Å²) in [6, 6.07) is 8.79. The number of fused-ring (bicyclic) bond motifs is 1. The highest BCUT2D eigenvalue weighted by molar-refractivity contribution is 7.87. The van der Waals surface area contributed by atoms with E-state index in [1.165, 1.54) is 35.7 Å². The van der Waals surface area contributed by atoms with Gasteiger partial charge in [-0.2, -0.15) is 31.3 Å². The van der Waals surface area contributed by atoms with Crippen LogP contribution in [0.15, 0.2) is 77.1 Å². The first-order valence-corrected chi connectivity index (χ1v) is 16.4. The number of nitrogens with zero attached hydrogens (tertiary/aromatic N) is 7. The number of pyridine rings is 1. The summed E-state index contributed by atoms with van der Waals surface area (Å²) in [5.74, 6) is -0.129. The average Bonchev–Trinajstić information content (AvgIpc) is 3.76. The molecule has 234 valence electrons. The number of aliphatic hydroxyl groups is 1. The average molecular weight is 677 g/mol. The summed E-state index contributed by atoms with van der Waals surface area (Å²) in [4.78, 5) is 15.3. The number of hydrogen-bond acceptors (Lipinski definition) is 9. The Balaban J connectivity index is 1.26. The fraction of sp³-hybridized carbons (Fsp3) is 0.286. The van der Waals surface area contributed by atoms with Gasteiger partial charge in [0, 0.05) is 64.8 Å². The highest BCUT2D eigenvalue weighted by atomic mass is 35.5. The number of β-amino-alcohol motifs (C(OH)–C–C–N with tert-alkyl or cyclic N) is 1. The summed E-state index contributed by atoms with van der Waals surface area (Å²) in [7, 11) is -4.05. The first-order chi connectivity index (χ1) is 21.5. The van der Waals surface area contributed by atoms with Crippen molar-refractivity contribution in [2.75, 3.05) is 19.6 Å². The second-order valence-corrected chi connectivity index (χ2v) is 13.8. The maximum absolute atomic E-state index is 14.1. The molecule has 2 atom stereocenters. The topological polar surface area (TPSA) is 129 Å². The van der Waals surface area contributed by atoms with E-state index in [0.717, 1.165) is 16.6 Å². The van der Waals surface area contributed by atoms with Crippen molar-refractivity contribution in [3.8, 4) is 0 Å². The third-order valence-electron chi connectivity index (χ3n) is 7.90. The molecule has 0 radical (unpaired) electrons. The second-order valence-electron chi connectivity index (χ2n) is 10.8. The molecule has 11 nitrogen and oxygen atoms in total. The number of nitrogens with one attached hydrogen (secondary N) is 1. The molecule has 2 fully saturated rings. The standard InChI is InChI=1S/C28H24ClF3N8O3S2/c29-19-11-16(30)4-5-18(19)24-23(20-6-9-40(36-20)27(31)32)21-12-17(13-39(21)25(35-24)26-34-8-10-44-26)37-45(42,43)38-14-28(41,15-38)22-3-1-2-7-33-22/h1-11,17,24,27,37,41H,12-15H2/t17-,24-/m0/s1. The number of aromatic nitrogens is 4. The Bertz CT molecular complexity index is 1920. The van der Waals surface area contributed by atoms with Crippen LogP contribution >= 0.6 is 22.9 Å². The number of thiazole rings is 1. The molecule has 0 saturated carbocycles. The van der Waals surface area contributed by atoms with Crippen molar-refractivity contribution in [1.82, 2.24) is 33.7 Å². The molecule has 1 aromatic carbocycles. The quantitative estimate of drug-likeness (QED) is 0.289. The largest absolute Gasteiger partial charge is 0.381 e. The van der Waals surface area contributed by atoms with Gasteiger partial charge in [0.2, 0.25) is 0 Å². The number of alkyl halides is 2. The molecule has 0 aliphatic carbocycles. The summed E-state index contributed by atoms with van der Waals surface area (Å²) in [5, 5.41) is 17.4. The first kappa shape index (κ1) is 30.0. The van der Waals surface area contributed by atoms with Gasteiger partial charge in [0.1, 0.15) is 17.5 Å². The maximum Gasteiger partial charge on any atom is 0.333 e. The van der Waals surface area contributed by atoms with Crippen LogP contribution in [0.2, 0.25) is 5.02 Å². The fourth-order valence-electron chi connectivity index (χ4n) is 5.83. The van der Waals surface area contributed by atoms with Crippen LogP contribution in [0.1, 0.15) is 41.0 Å². The van der Waals surface area contributed by atoms with Gasteiger partial charge in [-0.15, -0.1) is 11.3 Å². The zero-order valence-corrected chi connectivity index (χ0v) is 25.5. The van der Waals surface area contributed by atoms with E-state index in [4.69, 9.17) is 16.6 Å². The molecule has 2 saturated heterocycles. The first-order valence-electron chi connectivity index (χ1n) is 13.7. The molecule has 0 spiro atoms. The van der Waals surface area contributed by atoms with E-state index < -0.39 is 40.3 Å². The minimum absolute atomic E-state index is 0.0792. The minimum Gasteiger partial charge on any atom is -0.381 e. The van der Waals surface area contributed by atoms with Crippen molar-refractivity contribution in [3.05, 3.63) is 105 Å². The predicted octanol–water partition coefficient (Wildman–Crippen LogP) is 3.95. The molecule has 3 aliphatic heterocycles. The maximum atomic E-state index is 14.1. The van der Waals surface area contributed by atoms with Crippen LogP contribution in [0, 0.1) is 5.82 Å². The third kappa shape index (κ3) is 5.44. The smallest absolute Gasteiger partial charge is 0.333 e. The van der Waals surface area contributed by atoms with Gasteiger partial charge in [-0.3, -0.25) is 9.98 Å². The van der Waals surface area contributed by atoms with Crippen molar-refractivity contribution in [2.45, 2.75) is 30.7 Å². The van der Waals surface area contributed by atoms with Gasteiger partial charge >= 0.3 is 6.55 Å². The molecule has 2 N–H and O–H groups in total. The molecule has 17 heteroatoms. The number of rotatable bonds is 8. The summed E-state index contributed by atoms with van der Waals surface area (Å²) in [6.07, 6.45) is 4.42. The van der Waals surface area contributed by atoms with Crippen LogP contribution in [0.4, 0.5) is 13.2 Å². The Morgan fingerprint density at radius 1 is 1.13 bits per heavy atom. The van der Waals surface area contributed by atoms with Gasteiger partial charge in [0.25, 0.3) is 10.2 Å². The van der Waals surface area contributed by atoms with Gasteiger partial charge < -0.3 is 10.0 Å². The molecule has 0 amide bonds. The zero-order chi connectivity index (χ0) is 31.5. The molecule has 3 aromatic heterocycles. The van der Waals surface area contributed by atoms with Crippen molar-refractivity contribution >= 4 is 44.6 Å². The molecule has 0 bridgehead atoms. The van der Waals surface area contributed by atoms with Crippen LogP contribution in [-0.4, -0.2) is 74.0 Å². The third-order valence-corrected chi connectivity index (χ3v) is 10.6. The Kier molecular flexibility index (Phi) is 7.53. The van der Waals surface area contributed by atoms with Crippen LogP contribution in [0.3, 0.4) is 0 Å². The summed E-state index contributed by atoms with van der Waals surface area (Å²) in [6.45, 7) is -3.10. The molecular weight excluding hydrogens is 653 g/mol. The number of aliphatic imine (C=N–C) groups is 1. The lowest BCUT2D eigenvalue weighted by Crippen LogP contribution is -2.64. The van der Waals surface area contributed by atoms with Gasteiger partial charge in [0.15, 0.2) is 10.8 Å². The highest BCUT2D eigenvalue weighted by Gasteiger charge is 2.50. The van der Waals surface area contributed by atoms with Crippen LogP contribution < -0.4 is 4.72 Å². The molecule has 4 aromatic rings. The molecule has 7 rings (SSSR count). The normalized spacial score (nSPS) is 21.6. The lowest BCUT2D eigenvalue weighted by molar-refractivity contribution is -0.0687. The van der Waals surface area contributed by atoms with Crippen LogP contribution in [0.5, 0.6) is 0 Å². The second kappa shape index (κ2) is 11.3. The fourth-order valence-corrected chi connectivity index (χ4v) is 8.23. The Labute approximate surface area is 264 Å². The van der Waals surface area contributed by atoms with Gasteiger partial charge in [0.05, 0.1) is 24.5 Å². The van der Waals surface area contributed by atoms with Crippen molar-refractivity contribution in [1.29, 1.82) is 0 Å². The van der Waals surface area contributed by atoms with E-state index in [9.17, 15) is 26.7 Å². The van der Waals surface area contributed by atoms with E-state index >= 15 is 0 Å². The zero-order valence-electron chi connectivity index (χ0n) is 23.1. The Hall–Kier alpha value is -3.67. The van der Waals surface area contributed by atoms with Gasteiger partial charge in [-0.1, -0.05) is 23.7 Å². The summed E-state index contributed by atoms with van der Waals surface area (Å²) < 4.78 is 72.5. The molecular formula is C28H24ClF3N8O3S2. The Morgan fingerprint density at radius 3 is 2.62 bits per heavy atom. The Morgan fingerprint density at radius 2 is 1.96 bits per heavy atom. The number of halogens is 4. The lowest BCUT2D eigenvalue weighted by Gasteiger charge is -2.44. The van der Waals surface area contributed by atoms with E-state index in [1.54, 1.807) is 34.7 Å². The molecule has 45 heavy (non-hydrogen) atoms. The predicted molar refractivity (Wildman–Crippen MR) is 160 cm³/mol. The number of benzene rings is 1. The summed E-state index contributed by atoms with van der Waals surface area (Å²) >= 11 is 7.82. The van der Waals surface area contributed by atoms with Gasteiger partial charge in [-0.05, 0) is 30.3 Å². The number of amidine groups is 1. The van der Waals surface area contributed by atoms with Gasteiger partial charge in [-0.25, -0.2) is 14.1 Å². The lowest BCUT2D eigenvalue weighted by atomic mass is 9.92. The van der Waals surface area contributed by atoms with Crippen molar-refractivity contribution in [2.24, 2.45) is 4.99 Å². The summed E-state index contributed by atoms with van der Waals surface area (Å²) in [5.41, 5.74) is 0.588. The van der Waals surface area contributed by atoms with Crippen LogP contribution in [0.25, 0.3) is 5.57 Å². The molecule has 0 unspecified atom stereocenters. The van der Waals surface area contributed by atoms with E-state index in [2.05, 4.69) is 19.8 Å². The number of hydrogen-bond donors (Lipinski definition) is 2. The monoisotopic (exact) mass is 676 g/mol. The highest BCUT2D eigenvalue weighted by Crippen LogP contribution is 2.46. The molecule has 6 heterocycles. The van der Waals surface area contributed by atoms with Crippen molar-refractivity contribution < 1.29 is 26.7 Å². The molecule has 3 aliphatic rings.